The molecule has 3 rings (SSSR count). The monoisotopic (exact) mass is 266 g/mol. The Labute approximate surface area is 114 Å². The molecule has 1 unspecified atom stereocenters. The van der Waals surface area contributed by atoms with Gasteiger partial charge < -0.3 is 9.30 Å². The topological polar surface area (TPSA) is 27.1 Å². The molecular weight excluding hydrogens is 248 g/mol. The lowest BCUT2D eigenvalue weighted by molar-refractivity contribution is 0.102. The van der Waals surface area contributed by atoms with Gasteiger partial charge >= 0.3 is 0 Å². The SMILES string of the molecule is CCCn1c(C2CCCO2)nc2ccccc21.Cl. The van der Waals surface area contributed by atoms with Crippen molar-refractivity contribution in [1.82, 2.24) is 9.55 Å². The van der Waals surface area contributed by atoms with E-state index in [-0.39, 0.29) is 18.5 Å². The Kier molecular flexibility index (Phi) is 4.25. The summed E-state index contributed by atoms with van der Waals surface area (Å²) in [4.78, 5) is 4.75. The molecule has 1 saturated heterocycles. The third-order valence-corrected chi connectivity index (χ3v) is 3.35. The predicted molar refractivity (Wildman–Crippen MR) is 75.2 cm³/mol. The first-order chi connectivity index (χ1) is 8.40. The fourth-order valence-corrected chi connectivity index (χ4v) is 2.58. The van der Waals surface area contributed by atoms with Crippen molar-refractivity contribution in [2.45, 2.75) is 38.8 Å². The number of aromatic nitrogens is 2. The quantitative estimate of drug-likeness (QED) is 0.847. The van der Waals surface area contributed by atoms with Crippen LogP contribution in [0.2, 0.25) is 0 Å². The Morgan fingerprint density at radius 2 is 2.22 bits per heavy atom. The number of nitrogens with zero attached hydrogens (tertiary/aromatic N) is 2. The smallest absolute Gasteiger partial charge is 0.139 e. The predicted octanol–water partition coefficient (Wildman–Crippen LogP) is 3.72. The second-order valence-corrected chi connectivity index (χ2v) is 4.61. The summed E-state index contributed by atoms with van der Waals surface area (Å²) in [5, 5.41) is 0. The molecule has 0 radical (unpaired) electrons. The van der Waals surface area contributed by atoms with E-state index in [1.165, 1.54) is 5.52 Å². The van der Waals surface area contributed by atoms with Gasteiger partial charge in [-0.15, -0.1) is 12.4 Å². The largest absolute Gasteiger partial charge is 0.370 e. The molecule has 4 heteroatoms. The van der Waals surface area contributed by atoms with Gasteiger partial charge in [0.15, 0.2) is 0 Å². The minimum Gasteiger partial charge on any atom is -0.370 e. The first-order valence-electron chi connectivity index (χ1n) is 6.47. The van der Waals surface area contributed by atoms with Crippen LogP contribution in [0.25, 0.3) is 11.0 Å². The first kappa shape index (κ1) is 13.4. The standard InChI is InChI=1S/C14H18N2O.ClH/c1-2-9-16-12-7-4-3-6-11(12)15-14(16)13-8-5-10-17-13;/h3-4,6-7,13H,2,5,8-10H2,1H3;1H. The number of aryl methyl sites for hydroxylation is 1. The Morgan fingerprint density at radius 1 is 1.39 bits per heavy atom. The molecule has 2 heterocycles. The highest BCUT2D eigenvalue weighted by atomic mass is 35.5. The summed E-state index contributed by atoms with van der Waals surface area (Å²) < 4.78 is 8.10. The van der Waals surface area contributed by atoms with E-state index in [1.807, 2.05) is 6.07 Å². The van der Waals surface area contributed by atoms with Crippen LogP contribution < -0.4 is 0 Å². The molecule has 1 aromatic carbocycles. The van der Waals surface area contributed by atoms with E-state index in [1.54, 1.807) is 0 Å². The van der Waals surface area contributed by atoms with E-state index in [4.69, 9.17) is 9.72 Å². The summed E-state index contributed by atoms with van der Waals surface area (Å²) in [6.45, 7) is 4.10. The molecule has 1 fully saturated rings. The molecule has 0 spiro atoms. The van der Waals surface area contributed by atoms with E-state index >= 15 is 0 Å². The Hall–Kier alpha value is -1.06. The molecule has 0 saturated carbocycles. The maximum atomic E-state index is 5.77. The van der Waals surface area contributed by atoms with Crippen molar-refractivity contribution in [3.05, 3.63) is 30.1 Å². The average molecular weight is 267 g/mol. The van der Waals surface area contributed by atoms with Crippen LogP contribution in [0.5, 0.6) is 0 Å². The summed E-state index contributed by atoms with van der Waals surface area (Å²) in [5.41, 5.74) is 2.33. The van der Waals surface area contributed by atoms with Crippen molar-refractivity contribution in [2.75, 3.05) is 6.61 Å². The van der Waals surface area contributed by atoms with Gasteiger partial charge in [0.2, 0.25) is 0 Å². The Morgan fingerprint density at radius 3 is 2.94 bits per heavy atom. The molecule has 0 bridgehead atoms. The minimum atomic E-state index is 0. The second kappa shape index (κ2) is 5.72. The molecule has 1 aromatic heterocycles. The highest BCUT2D eigenvalue weighted by Gasteiger charge is 2.23. The summed E-state index contributed by atoms with van der Waals surface area (Å²) in [7, 11) is 0. The van der Waals surface area contributed by atoms with E-state index in [0.29, 0.717) is 0 Å². The van der Waals surface area contributed by atoms with Gasteiger partial charge in [-0.2, -0.15) is 0 Å². The molecule has 3 nitrogen and oxygen atoms in total. The zero-order chi connectivity index (χ0) is 11.7. The lowest BCUT2D eigenvalue weighted by atomic mass is 10.2. The molecule has 0 amide bonds. The number of benzene rings is 1. The molecular formula is C14H19ClN2O. The van der Waals surface area contributed by atoms with Crippen LogP contribution in [0.15, 0.2) is 24.3 Å². The number of para-hydroxylation sites is 2. The lowest BCUT2D eigenvalue weighted by Gasteiger charge is -2.12. The number of rotatable bonds is 3. The molecule has 0 aliphatic carbocycles. The van der Waals surface area contributed by atoms with E-state index in [0.717, 1.165) is 43.8 Å². The normalized spacial score (nSPS) is 19.1. The summed E-state index contributed by atoms with van der Waals surface area (Å²) in [6.07, 6.45) is 3.58. The molecule has 18 heavy (non-hydrogen) atoms. The van der Waals surface area contributed by atoms with Gasteiger partial charge in [-0.3, -0.25) is 0 Å². The van der Waals surface area contributed by atoms with Crippen LogP contribution in [0.1, 0.15) is 38.1 Å². The van der Waals surface area contributed by atoms with Gasteiger partial charge in [0.05, 0.1) is 11.0 Å². The number of imidazole rings is 1. The maximum Gasteiger partial charge on any atom is 0.139 e. The summed E-state index contributed by atoms with van der Waals surface area (Å²) >= 11 is 0. The van der Waals surface area contributed by atoms with Crippen LogP contribution in [-0.4, -0.2) is 16.2 Å². The van der Waals surface area contributed by atoms with E-state index < -0.39 is 0 Å². The Bertz CT molecular complexity index is 517. The van der Waals surface area contributed by atoms with Crippen LogP contribution >= 0.6 is 12.4 Å². The van der Waals surface area contributed by atoms with Crippen LogP contribution in [0.3, 0.4) is 0 Å². The lowest BCUT2D eigenvalue weighted by Crippen LogP contribution is -2.08. The fraction of sp³-hybridized carbons (Fsp3) is 0.500. The third kappa shape index (κ3) is 2.25. The van der Waals surface area contributed by atoms with E-state index in [9.17, 15) is 0 Å². The minimum absolute atomic E-state index is 0. The highest BCUT2D eigenvalue weighted by molar-refractivity contribution is 5.85. The number of fused-ring (bicyclic) bond motifs is 1. The van der Waals surface area contributed by atoms with Crippen molar-refractivity contribution < 1.29 is 4.74 Å². The number of hydrogen-bond donors (Lipinski definition) is 0. The van der Waals surface area contributed by atoms with Gasteiger partial charge in [0.1, 0.15) is 11.9 Å². The zero-order valence-corrected chi connectivity index (χ0v) is 11.4. The van der Waals surface area contributed by atoms with Gasteiger partial charge in [0, 0.05) is 13.2 Å². The number of ether oxygens (including phenoxy) is 1. The Balaban J connectivity index is 0.00000120. The highest BCUT2D eigenvalue weighted by Crippen LogP contribution is 2.30. The maximum absolute atomic E-state index is 5.77. The van der Waals surface area contributed by atoms with Crippen molar-refractivity contribution in [3.8, 4) is 0 Å². The van der Waals surface area contributed by atoms with Crippen LogP contribution in [0, 0.1) is 0 Å². The first-order valence-corrected chi connectivity index (χ1v) is 6.47. The van der Waals surface area contributed by atoms with Gasteiger partial charge in [-0.25, -0.2) is 4.98 Å². The molecule has 2 aromatic rings. The number of hydrogen-bond acceptors (Lipinski definition) is 2. The summed E-state index contributed by atoms with van der Waals surface area (Å²) in [6, 6.07) is 8.36. The van der Waals surface area contributed by atoms with E-state index in [2.05, 4.69) is 29.7 Å². The average Bonchev–Trinajstić information content (AvgIpc) is 2.97. The second-order valence-electron chi connectivity index (χ2n) is 4.61. The molecule has 98 valence electrons. The van der Waals surface area contributed by atoms with Crippen LogP contribution in [0.4, 0.5) is 0 Å². The summed E-state index contributed by atoms with van der Waals surface area (Å²) in [5.74, 6) is 1.12. The molecule has 1 aliphatic heterocycles. The van der Waals surface area contributed by atoms with Crippen molar-refractivity contribution in [2.24, 2.45) is 0 Å². The van der Waals surface area contributed by atoms with Crippen molar-refractivity contribution >= 4 is 23.4 Å². The third-order valence-electron chi connectivity index (χ3n) is 3.35. The van der Waals surface area contributed by atoms with Crippen molar-refractivity contribution in [1.29, 1.82) is 0 Å². The van der Waals surface area contributed by atoms with Gasteiger partial charge in [-0.1, -0.05) is 19.1 Å². The van der Waals surface area contributed by atoms with Gasteiger partial charge in [0.25, 0.3) is 0 Å². The number of halogens is 1. The molecule has 1 atom stereocenters. The zero-order valence-electron chi connectivity index (χ0n) is 10.6. The van der Waals surface area contributed by atoms with Crippen LogP contribution in [-0.2, 0) is 11.3 Å². The fourth-order valence-electron chi connectivity index (χ4n) is 2.58. The molecule has 1 aliphatic rings. The molecule has 0 N–H and O–H groups in total. The van der Waals surface area contributed by atoms with Gasteiger partial charge in [-0.05, 0) is 31.4 Å². The van der Waals surface area contributed by atoms with Crippen molar-refractivity contribution in [3.63, 3.8) is 0 Å².